The minimum atomic E-state index is -0.334. The first kappa shape index (κ1) is 15.3. The molecule has 2 atom stereocenters. The first-order valence-electron chi connectivity index (χ1n) is 8.09. The largest absolute Gasteiger partial charge is 0.313 e. The van der Waals surface area contributed by atoms with Gasteiger partial charge in [-0.2, -0.15) is 0 Å². The normalized spacial score (nSPS) is 24.3. The molecule has 2 fully saturated rings. The van der Waals surface area contributed by atoms with Crippen molar-refractivity contribution in [2.75, 3.05) is 13.1 Å². The zero-order valence-corrected chi connectivity index (χ0v) is 13.4. The van der Waals surface area contributed by atoms with Crippen LogP contribution in [0.2, 0.25) is 5.02 Å². The molecule has 1 aromatic carbocycles. The molecule has 0 aromatic heterocycles. The summed E-state index contributed by atoms with van der Waals surface area (Å²) in [5.41, 5.74) is 1.11. The number of piperidine rings is 1. The lowest BCUT2D eigenvalue weighted by molar-refractivity contribution is 0.166. The van der Waals surface area contributed by atoms with Gasteiger partial charge in [-0.05, 0) is 56.8 Å². The lowest BCUT2D eigenvalue weighted by Gasteiger charge is -2.35. The average molecular weight is 311 g/mol. The van der Waals surface area contributed by atoms with Crippen molar-refractivity contribution in [3.8, 4) is 0 Å². The molecule has 3 rings (SSSR count). The molecule has 1 aliphatic heterocycles. The molecular formula is C17H24ClFN2. The van der Waals surface area contributed by atoms with Gasteiger partial charge in [0.05, 0.1) is 5.02 Å². The fraction of sp³-hybridized carbons (Fsp3) is 0.647. The van der Waals surface area contributed by atoms with E-state index in [0.29, 0.717) is 18.1 Å². The van der Waals surface area contributed by atoms with Gasteiger partial charge in [-0.25, -0.2) is 4.39 Å². The topological polar surface area (TPSA) is 15.3 Å². The summed E-state index contributed by atoms with van der Waals surface area (Å²) < 4.78 is 13.4. The van der Waals surface area contributed by atoms with E-state index < -0.39 is 0 Å². The van der Waals surface area contributed by atoms with Crippen LogP contribution in [0, 0.1) is 5.82 Å². The van der Waals surface area contributed by atoms with Crippen molar-refractivity contribution in [1.29, 1.82) is 0 Å². The fourth-order valence-corrected chi connectivity index (χ4v) is 3.52. The maximum atomic E-state index is 13.4. The van der Waals surface area contributed by atoms with Crippen LogP contribution in [0.1, 0.15) is 50.6 Å². The maximum absolute atomic E-state index is 13.4. The number of halogens is 2. The van der Waals surface area contributed by atoms with Crippen molar-refractivity contribution >= 4 is 11.6 Å². The smallest absolute Gasteiger partial charge is 0.141 e. The van der Waals surface area contributed by atoms with Crippen LogP contribution in [0.4, 0.5) is 4.39 Å². The molecule has 1 N–H and O–H groups in total. The Labute approximate surface area is 131 Å². The molecule has 4 heteroatoms. The van der Waals surface area contributed by atoms with Gasteiger partial charge in [-0.3, -0.25) is 4.90 Å². The van der Waals surface area contributed by atoms with Crippen LogP contribution >= 0.6 is 11.6 Å². The van der Waals surface area contributed by atoms with Gasteiger partial charge in [0.25, 0.3) is 0 Å². The Morgan fingerprint density at radius 3 is 2.76 bits per heavy atom. The van der Waals surface area contributed by atoms with E-state index in [2.05, 4.69) is 17.1 Å². The van der Waals surface area contributed by atoms with Crippen LogP contribution in [0.3, 0.4) is 0 Å². The molecule has 0 amide bonds. The number of nitrogens with one attached hydrogen (secondary N) is 1. The molecule has 1 saturated carbocycles. The minimum absolute atomic E-state index is 0.228. The van der Waals surface area contributed by atoms with Gasteiger partial charge < -0.3 is 5.32 Å². The summed E-state index contributed by atoms with van der Waals surface area (Å²) in [4.78, 5) is 2.58. The summed E-state index contributed by atoms with van der Waals surface area (Å²) in [5, 5.41) is 3.86. The zero-order chi connectivity index (χ0) is 14.8. The second-order valence-corrected chi connectivity index (χ2v) is 6.83. The number of hydrogen-bond acceptors (Lipinski definition) is 2. The summed E-state index contributed by atoms with van der Waals surface area (Å²) in [5.74, 6) is -0.334. The zero-order valence-electron chi connectivity index (χ0n) is 12.6. The lowest BCUT2D eigenvalue weighted by Crippen LogP contribution is -2.45. The first-order chi connectivity index (χ1) is 10.1. The highest BCUT2D eigenvalue weighted by Crippen LogP contribution is 2.35. The summed E-state index contributed by atoms with van der Waals surface area (Å²) in [6, 6.07) is 6.71. The van der Waals surface area contributed by atoms with Crippen LogP contribution in [0.5, 0.6) is 0 Å². The van der Waals surface area contributed by atoms with E-state index in [-0.39, 0.29) is 10.8 Å². The average Bonchev–Trinajstić information content (AvgIpc) is 3.33. The highest BCUT2D eigenvalue weighted by molar-refractivity contribution is 6.30. The summed E-state index contributed by atoms with van der Waals surface area (Å²) >= 11 is 5.94. The quantitative estimate of drug-likeness (QED) is 0.879. The molecule has 2 aliphatic rings. The number of nitrogens with zero attached hydrogens (tertiary/aromatic N) is 1. The highest BCUT2D eigenvalue weighted by atomic mass is 35.5. The molecule has 1 saturated heterocycles. The Kier molecular flexibility index (Phi) is 4.82. The summed E-state index contributed by atoms with van der Waals surface area (Å²) in [6.45, 7) is 4.44. The predicted octanol–water partition coefficient (Wildman–Crippen LogP) is 4.15. The van der Waals surface area contributed by atoms with E-state index >= 15 is 0 Å². The van der Waals surface area contributed by atoms with Gasteiger partial charge in [0.2, 0.25) is 0 Å². The SMILES string of the molecule is CC(c1ccc(F)c(Cl)c1)N(CC1CCCCN1)C1CC1. The van der Waals surface area contributed by atoms with Crippen LogP contribution < -0.4 is 5.32 Å². The van der Waals surface area contributed by atoms with Crippen molar-refractivity contribution in [2.24, 2.45) is 0 Å². The van der Waals surface area contributed by atoms with Gasteiger partial charge in [-0.1, -0.05) is 24.1 Å². The van der Waals surface area contributed by atoms with Gasteiger partial charge in [-0.15, -0.1) is 0 Å². The van der Waals surface area contributed by atoms with Crippen molar-refractivity contribution in [1.82, 2.24) is 10.2 Å². The second-order valence-electron chi connectivity index (χ2n) is 6.42. The molecule has 1 aromatic rings. The van der Waals surface area contributed by atoms with E-state index in [1.165, 1.54) is 38.2 Å². The summed E-state index contributed by atoms with van der Waals surface area (Å²) in [7, 11) is 0. The van der Waals surface area contributed by atoms with Gasteiger partial charge in [0.15, 0.2) is 0 Å². The van der Waals surface area contributed by atoms with E-state index in [1.54, 1.807) is 6.07 Å². The second kappa shape index (κ2) is 6.64. The van der Waals surface area contributed by atoms with Crippen molar-refractivity contribution in [3.05, 3.63) is 34.6 Å². The third-order valence-electron chi connectivity index (χ3n) is 4.78. The third-order valence-corrected chi connectivity index (χ3v) is 5.07. The van der Waals surface area contributed by atoms with Crippen LogP contribution in [-0.4, -0.2) is 30.1 Å². The van der Waals surface area contributed by atoms with E-state index in [4.69, 9.17) is 11.6 Å². The Balaban J connectivity index is 1.71. The molecule has 0 spiro atoms. The van der Waals surface area contributed by atoms with Crippen molar-refractivity contribution in [3.63, 3.8) is 0 Å². The Morgan fingerprint density at radius 2 is 2.14 bits per heavy atom. The predicted molar refractivity (Wildman–Crippen MR) is 85.2 cm³/mol. The van der Waals surface area contributed by atoms with Crippen LogP contribution in [0.25, 0.3) is 0 Å². The molecule has 1 aliphatic carbocycles. The molecule has 0 bridgehead atoms. The van der Waals surface area contributed by atoms with E-state index in [9.17, 15) is 4.39 Å². The van der Waals surface area contributed by atoms with Crippen LogP contribution in [-0.2, 0) is 0 Å². The minimum Gasteiger partial charge on any atom is -0.313 e. The molecule has 2 unspecified atom stereocenters. The van der Waals surface area contributed by atoms with E-state index in [1.807, 2.05) is 6.07 Å². The molecule has 21 heavy (non-hydrogen) atoms. The Morgan fingerprint density at radius 1 is 1.33 bits per heavy atom. The van der Waals surface area contributed by atoms with Gasteiger partial charge in [0.1, 0.15) is 5.82 Å². The summed E-state index contributed by atoms with van der Waals surface area (Å²) in [6.07, 6.45) is 6.45. The van der Waals surface area contributed by atoms with Crippen LogP contribution in [0.15, 0.2) is 18.2 Å². The standard InChI is InChI=1S/C17H24ClFN2/c1-12(13-5-8-17(19)16(18)10-13)21(15-6-7-15)11-14-4-2-3-9-20-14/h5,8,10,12,14-15,20H,2-4,6-7,9,11H2,1H3. The lowest BCUT2D eigenvalue weighted by atomic mass is 10.0. The maximum Gasteiger partial charge on any atom is 0.141 e. The molecule has 2 nitrogen and oxygen atoms in total. The van der Waals surface area contributed by atoms with Crippen molar-refractivity contribution in [2.45, 2.75) is 57.2 Å². The molecule has 0 radical (unpaired) electrons. The van der Waals surface area contributed by atoms with Crippen molar-refractivity contribution < 1.29 is 4.39 Å². The monoisotopic (exact) mass is 310 g/mol. The number of benzene rings is 1. The first-order valence-corrected chi connectivity index (χ1v) is 8.47. The molecule has 116 valence electrons. The Bertz CT molecular complexity index is 484. The Hall–Kier alpha value is -0.640. The van der Waals surface area contributed by atoms with Gasteiger partial charge in [0, 0.05) is 24.7 Å². The molecule has 1 heterocycles. The number of rotatable bonds is 5. The van der Waals surface area contributed by atoms with Gasteiger partial charge >= 0.3 is 0 Å². The number of hydrogen-bond donors (Lipinski definition) is 1. The third kappa shape index (κ3) is 3.77. The highest BCUT2D eigenvalue weighted by Gasteiger charge is 2.34. The van der Waals surface area contributed by atoms with E-state index in [0.717, 1.165) is 18.7 Å². The molecular weight excluding hydrogens is 287 g/mol. The fourth-order valence-electron chi connectivity index (χ4n) is 3.33.